The molecule has 2 rings (SSSR count). The molecule has 0 aromatic carbocycles. The van der Waals surface area contributed by atoms with E-state index in [1.165, 1.54) is 12.8 Å². The van der Waals surface area contributed by atoms with Crippen LogP contribution in [-0.4, -0.2) is 35.6 Å². The molecule has 1 heterocycles. The van der Waals surface area contributed by atoms with Crippen molar-refractivity contribution in [2.75, 3.05) is 19.6 Å². The Morgan fingerprint density at radius 1 is 1.50 bits per heavy atom. The maximum absolute atomic E-state index is 10.9. The number of aliphatic carboxylic acids is 1. The van der Waals surface area contributed by atoms with Gasteiger partial charge in [0, 0.05) is 19.6 Å². The summed E-state index contributed by atoms with van der Waals surface area (Å²) in [6, 6.07) is 0. The van der Waals surface area contributed by atoms with Gasteiger partial charge >= 0.3 is 5.97 Å². The number of nitrogens with zero attached hydrogens (tertiary/aromatic N) is 1. The zero-order valence-corrected chi connectivity index (χ0v) is 8.83. The lowest BCUT2D eigenvalue weighted by Crippen LogP contribution is -2.50. The van der Waals surface area contributed by atoms with Gasteiger partial charge in [-0.3, -0.25) is 4.79 Å². The Hall–Kier alpha value is -0.570. The molecule has 0 atom stereocenters. The van der Waals surface area contributed by atoms with Crippen LogP contribution in [0.15, 0.2) is 0 Å². The summed E-state index contributed by atoms with van der Waals surface area (Å²) < 4.78 is 0. The average Bonchev–Trinajstić information content (AvgIpc) is 2.82. The number of carboxylic acids is 1. The van der Waals surface area contributed by atoms with Crippen LogP contribution in [0.25, 0.3) is 0 Å². The molecular weight excluding hydrogens is 178 g/mol. The van der Waals surface area contributed by atoms with Crippen molar-refractivity contribution in [1.29, 1.82) is 0 Å². The minimum Gasteiger partial charge on any atom is -0.481 e. The lowest BCUT2D eigenvalue weighted by molar-refractivity contribution is -0.144. The van der Waals surface area contributed by atoms with Gasteiger partial charge < -0.3 is 10.0 Å². The van der Waals surface area contributed by atoms with Gasteiger partial charge in [-0.25, -0.2) is 0 Å². The molecule has 14 heavy (non-hydrogen) atoms. The monoisotopic (exact) mass is 197 g/mol. The molecule has 1 saturated heterocycles. The van der Waals surface area contributed by atoms with Gasteiger partial charge in [0.25, 0.3) is 0 Å². The van der Waals surface area contributed by atoms with E-state index in [2.05, 4.69) is 11.8 Å². The molecule has 3 heteroatoms. The van der Waals surface area contributed by atoms with Gasteiger partial charge in [0.15, 0.2) is 0 Å². The zero-order valence-electron chi connectivity index (χ0n) is 8.83. The Kier molecular flexibility index (Phi) is 2.52. The number of carboxylic acid groups (broad SMARTS) is 1. The van der Waals surface area contributed by atoms with Crippen LogP contribution < -0.4 is 0 Å². The Morgan fingerprint density at radius 3 is 2.57 bits per heavy atom. The van der Waals surface area contributed by atoms with Gasteiger partial charge in [-0.1, -0.05) is 13.3 Å². The molecular formula is C11H19NO2. The first kappa shape index (κ1) is 9.97. The third-order valence-corrected chi connectivity index (χ3v) is 3.56. The van der Waals surface area contributed by atoms with Crippen LogP contribution in [0.5, 0.6) is 0 Å². The van der Waals surface area contributed by atoms with Crippen molar-refractivity contribution in [1.82, 2.24) is 4.90 Å². The van der Waals surface area contributed by atoms with Crippen molar-refractivity contribution >= 4 is 5.97 Å². The predicted molar refractivity (Wildman–Crippen MR) is 54.1 cm³/mol. The van der Waals surface area contributed by atoms with E-state index >= 15 is 0 Å². The minimum atomic E-state index is -0.587. The van der Waals surface area contributed by atoms with Crippen LogP contribution in [0.4, 0.5) is 0 Å². The van der Waals surface area contributed by atoms with E-state index in [-0.39, 0.29) is 5.41 Å². The number of carbonyl (C=O) groups is 1. The number of hydrogen-bond donors (Lipinski definition) is 1. The summed E-state index contributed by atoms with van der Waals surface area (Å²) >= 11 is 0. The molecule has 0 radical (unpaired) electrons. The molecule has 0 amide bonds. The third kappa shape index (κ3) is 1.78. The van der Waals surface area contributed by atoms with Crippen LogP contribution in [0.1, 0.15) is 32.6 Å². The van der Waals surface area contributed by atoms with Gasteiger partial charge in [0.1, 0.15) is 0 Å². The second kappa shape index (κ2) is 3.54. The van der Waals surface area contributed by atoms with Crippen LogP contribution >= 0.6 is 0 Å². The van der Waals surface area contributed by atoms with Gasteiger partial charge in [-0.15, -0.1) is 0 Å². The highest BCUT2D eigenvalue weighted by Gasteiger charge is 2.52. The van der Waals surface area contributed by atoms with Crippen molar-refractivity contribution in [3.8, 4) is 0 Å². The van der Waals surface area contributed by atoms with Crippen molar-refractivity contribution in [2.45, 2.75) is 32.6 Å². The van der Waals surface area contributed by atoms with E-state index in [0.29, 0.717) is 0 Å². The topological polar surface area (TPSA) is 40.5 Å². The van der Waals surface area contributed by atoms with E-state index in [0.717, 1.165) is 38.4 Å². The number of likely N-dealkylation sites (tertiary alicyclic amines) is 1. The second-order valence-corrected chi connectivity index (χ2v) is 4.93. The smallest absolute Gasteiger partial charge is 0.310 e. The van der Waals surface area contributed by atoms with Crippen LogP contribution in [0.2, 0.25) is 0 Å². The van der Waals surface area contributed by atoms with Crippen molar-refractivity contribution in [2.24, 2.45) is 11.3 Å². The molecule has 0 bridgehead atoms. The van der Waals surface area contributed by atoms with Crippen molar-refractivity contribution < 1.29 is 9.90 Å². The molecule has 1 saturated carbocycles. The normalized spacial score (nSPS) is 25.8. The van der Waals surface area contributed by atoms with E-state index in [1.54, 1.807) is 0 Å². The van der Waals surface area contributed by atoms with E-state index in [9.17, 15) is 4.79 Å². The molecule has 1 N–H and O–H groups in total. The third-order valence-electron chi connectivity index (χ3n) is 3.56. The zero-order chi connectivity index (χ0) is 10.2. The quantitative estimate of drug-likeness (QED) is 0.727. The largest absolute Gasteiger partial charge is 0.481 e. The average molecular weight is 197 g/mol. The maximum atomic E-state index is 10.9. The summed E-state index contributed by atoms with van der Waals surface area (Å²) in [6.07, 6.45) is 4.33. The lowest BCUT2D eigenvalue weighted by Gasteiger charge is -2.40. The first-order chi connectivity index (χ1) is 6.66. The second-order valence-electron chi connectivity index (χ2n) is 4.93. The first-order valence-corrected chi connectivity index (χ1v) is 5.62. The summed E-state index contributed by atoms with van der Waals surface area (Å²) in [5.41, 5.74) is -0.350. The Labute approximate surface area is 85.1 Å². The fourth-order valence-electron chi connectivity index (χ4n) is 2.42. The molecule has 0 spiro atoms. The molecule has 0 aromatic rings. The van der Waals surface area contributed by atoms with E-state index in [4.69, 9.17) is 5.11 Å². The Bertz CT molecular complexity index is 229. The van der Waals surface area contributed by atoms with Crippen LogP contribution in [0.3, 0.4) is 0 Å². The van der Waals surface area contributed by atoms with Crippen molar-refractivity contribution in [3.05, 3.63) is 0 Å². The summed E-state index contributed by atoms with van der Waals surface area (Å²) in [5.74, 6) is 0.251. The summed E-state index contributed by atoms with van der Waals surface area (Å²) in [6.45, 7) is 5.26. The maximum Gasteiger partial charge on any atom is 0.310 e. The fourth-order valence-corrected chi connectivity index (χ4v) is 2.42. The van der Waals surface area contributed by atoms with E-state index < -0.39 is 5.97 Å². The summed E-state index contributed by atoms with van der Waals surface area (Å²) in [4.78, 5) is 13.2. The molecule has 2 aliphatic rings. The minimum absolute atomic E-state index is 0.350. The summed E-state index contributed by atoms with van der Waals surface area (Å²) in [5, 5.41) is 9.01. The van der Waals surface area contributed by atoms with Gasteiger partial charge in [-0.2, -0.15) is 0 Å². The molecule has 0 aromatic heterocycles. The molecule has 2 fully saturated rings. The Balaban J connectivity index is 1.71. The Morgan fingerprint density at radius 2 is 2.14 bits per heavy atom. The van der Waals surface area contributed by atoms with Gasteiger partial charge in [-0.05, 0) is 25.2 Å². The molecule has 3 nitrogen and oxygen atoms in total. The highest BCUT2D eigenvalue weighted by Crippen LogP contribution is 2.47. The first-order valence-electron chi connectivity index (χ1n) is 5.62. The van der Waals surface area contributed by atoms with Crippen molar-refractivity contribution in [3.63, 3.8) is 0 Å². The van der Waals surface area contributed by atoms with Crippen LogP contribution in [-0.2, 0) is 4.79 Å². The number of rotatable bonds is 5. The summed E-state index contributed by atoms with van der Waals surface area (Å²) in [7, 11) is 0. The van der Waals surface area contributed by atoms with E-state index in [1.807, 2.05) is 0 Å². The molecule has 0 unspecified atom stereocenters. The lowest BCUT2D eigenvalue weighted by atomic mass is 9.93. The molecule has 1 aliphatic heterocycles. The fraction of sp³-hybridized carbons (Fsp3) is 0.909. The van der Waals surface area contributed by atoms with Gasteiger partial charge in [0.05, 0.1) is 5.41 Å². The SMILES string of the molecule is CCCC1CN(CC2(C(=O)O)CC2)C1. The van der Waals surface area contributed by atoms with Gasteiger partial charge in [0.2, 0.25) is 0 Å². The molecule has 80 valence electrons. The highest BCUT2D eigenvalue weighted by atomic mass is 16.4. The standard InChI is InChI=1S/C11H19NO2/c1-2-3-9-6-12(7-9)8-11(4-5-11)10(13)14/h9H,2-8H2,1H3,(H,13,14). The van der Waals surface area contributed by atoms with Crippen LogP contribution in [0, 0.1) is 11.3 Å². The predicted octanol–water partition coefficient (Wildman–Crippen LogP) is 1.58. The highest BCUT2D eigenvalue weighted by molar-refractivity contribution is 5.78. The number of hydrogen-bond acceptors (Lipinski definition) is 2. The molecule has 1 aliphatic carbocycles.